The molecule has 2 aliphatic rings. The second-order valence-corrected chi connectivity index (χ2v) is 6.05. The van der Waals surface area contributed by atoms with E-state index in [1.165, 1.54) is 12.8 Å². The quantitative estimate of drug-likeness (QED) is 0.812. The van der Waals surface area contributed by atoms with Crippen molar-refractivity contribution in [1.82, 2.24) is 4.90 Å². The average Bonchev–Trinajstić information content (AvgIpc) is 3.09. The maximum absolute atomic E-state index is 12.0. The van der Waals surface area contributed by atoms with Gasteiger partial charge >= 0.3 is 5.97 Å². The lowest BCUT2D eigenvalue weighted by Gasteiger charge is -2.34. The third-order valence-electron chi connectivity index (χ3n) is 3.42. The molecule has 1 amide bonds. The summed E-state index contributed by atoms with van der Waals surface area (Å²) >= 11 is 1.75. The van der Waals surface area contributed by atoms with E-state index in [9.17, 15) is 9.59 Å². The van der Waals surface area contributed by atoms with Gasteiger partial charge in [-0.05, 0) is 12.3 Å². The molecule has 1 atom stereocenters. The number of hydrogen-bond donors (Lipinski definition) is 1. The predicted octanol–water partition coefficient (Wildman–Crippen LogP) is 1.60. The van der Waals surface area contributed by atoms with Crippen molar-refractivity contribution in [3.05, 3.63) is 0 Å². The van der Waals surface area contributed by atoms with Crippen molar-refractivity contribution in [2.75, 3.05) is 18.1 Å². The van der Waals surface area contributed by atoms with E-state index in [1.807, 2.05) is 0 Å². The molecule has 0 aromatic carbocycles. The molecule has 1 N–H and O–H groups in total. The van der Waals surface area contributed by atoms with Crippen molar-refractivity contribution in [3.63, 3.8) is 0 Å². The fraction of sp³-hybridized carbons (Fsp3) is 0.833. The van der Waals surface area contributed by atoms with Crippen molar-refractivity contribution in [3.8, 4) is 0 Å². The second kappa shape index (κ2) is 5.76. The van der Waals surface area contributed by atoms with Crippen LogP contribution in [-0.4, -0.2) is 46.0 Å². The van der Waals surface area contributed by atoms with Crippen LogP contribution in [0, 0.1) is 5.92 Å². The molecular formula is C12H19NO3S. The van der Waals surface area contributed by atoms with Gasteiger partial charge in [0.1, 0.15) is 0 Å². The van der Waals surface area contributed by atoms with Crippen LogP contribution in [0.2, 0.25) is 0 Å². The van der Waals surface area contributed by atoms with Gasteiger partial charge in [0.2, 0.25) is 5.91 Å². The molecule has 0 aromatic heterocycles. The first-order chi connectivity index (χ1) is 8.16. The summed E-state index contributed by atoms with van der Waals surface area (Å²) in [5.41, 5.74) is 0. The van der Waals surface area contributed by atoms with E-state index in [0.29, 0.717) is 13.0 Å². The smallest absolute Gasteiger partial charge is 0.305 e. The molecule has 0 spiro atoms. The summed E-state index contributed by atoms with van der Waals surface area (Å²) in [5.74, 6) is 1.81. The Hall–Kier alpha value is -0.710. The Morgan fingerprint density at radius 2 is 2.12 bits per heavy atom. The minimum Gasteiger partial charge on any atom is -0.481 e. The van der Waals surface area contributed by atoms with Gasteiger partial charge in [-0.2, -0.15) is 11.8 Å². The third-order valence-corrected chi connectivity index (χ3v) is 4.51. The summed E-state index contributed by atoms with van der Waals surface area (Å²) < 4.78 is 0. The maximum atomic E-state index is 12.0. The lowest BCUT2D eigenvalue weighted by Crippen LogP contribution is -2.47. The highest BCUT2D eigenvalue weighted by Gasteiger charge is 2.30. The maximum Gasteiger partial charge on any atom is 0.305 e. The van der Waals surface area contributed by atoms with E-state index in [0.717, 1.165) is 23.8 Å². The third kappa shape index (κ3) is 3.91. The number of aliphatic carboxylic acids is 1. The van der Waals surface area contributed by atoms with Gasteiger partial charge in [0.15, 0.2) is 0 Å². The molecule has 17 heavy (non-hydrogen) atoms. The minimum atomic E-state index is -0.808. The van der Waals surface area contributed by atoms with E-state index in [4.69, 9.17) is 5.11 Å². The summed E-state index contributed by atoms with van der Waals surface area (Å²) in [4.78, 5) is 24.6. The standard InChI is InChI=1S/C12H19NO3S/c14-11(4-3-9-1-2-9)13-5-6-17-8-10(13)7-12(15)16/h9-10H,1-8H2,(H,15,16). The molecule has 1 aliphatic heterocycles. The fourth-order valence-electron chi connectivity index (χ4n) is 2.23. The molecule has 1 saturated carbocycles. The number of thioether (sulfide) groups is 1. The number of carboxylic acid groups (broad SMARTS) is 1. The minimum absolute atomic E-state index is 0.0855. The summed E-state index contributed by atoms with van der Waals surface area (Å²) in [5, 5.41) is 8.85. The van der Waals surface area contributed by atoms with Crippen LogP contribution in [0.5, 0.6) is 0 Å². The van der Waals surface area contributed by atoms with Crippen LogP contribution in [0.4, 0.5) is 0 Å². The number of carbonyl (C=O) groups excluding carboxylic acids is 1. The first kappa shape index (κ1) is 12.7. The van der Waals surface area contributed by atoms with Crippen LogP contribution in [-0.2, 0) is 9.59 Å². The van der Waals surface area contributed by atoms with Crippen LogP contribution >= 0.6 is 11.8 Å². The number of hydrogen-bond acceptors (Lipinski definition) is 3. The van der Waals surface area contributed by atoms with E-state index in [2.05, 4.69) is 0 Å². The SMILES string of the molecule is O=C(O)CC1CSCCN1C(=O)CCC1CC1. The summed E-state index contributed by atoms with van der Waals surface area (Å²) in [6.07, 6.45) is 4.21. The van der Waals surface area contributed by atoms with E-state index < -0.39 is 5.97 Å². The fourth-order valence-corrected chi connectivity index (χ4v) is 3.29. The zero-order valence-corrected chi connectivity index (χ0v) is 10.7. The molecule has 1 saturated heterocycles. The monoisotopic (exact) mass is 257 g/mol. The Labute approximate surface area is 106 Å². The van der Waals surface area contributed by atoms with Gasteiger partial charge in [0.05, 0.1) is 12.5 Å². The highest BCUT2D eigenvalue weighted by atomic mass is 32.2. The van der Waals surface area contributed by atoms with Gasteiger partial charge in [-0.25, -0.2) is 0 Å². The van der Waals surface area contributed by atoms with Crippen molar-refractivity contribution in [2.45, 2.75) is 38.1 Å². The van der Waals surface area contributed by atoms with Gasteiger partial charge in [-0.1, -0.05) is 12.8 Å². The van der Waals surface area contributed by atoms with Crippen LogP contribution in [0.15, 0.2) is 0 Å². The predicted molar refractivity (Wildman–Crippen MR) is 67.0 cm³/mol. The first-order valence-corrected chi connectivity index (χ1v) is 7.41. The lowest BCUT2D eigenvalue weighted by atomic mass is 10.1. The van der Waals surface area contributed by atoms with Crippen molar-refractivity contribution < 1.29 is 14.7 Å². The highest BCUT2D eigenvalue weighted by Crippen LogP contribution is 2.34. The number of nitrogens with zero attached hydrogens (tertiary/aromatic N) is 1. The molecule has 0 aromatic rings. The topological polar surface area (TPSA) is 57.6 Å². The van der Waals surface area contributed by atoms with Crippen LogP contribution in [0.25, 0.3) is 0 Å². The molecular weight excluding hydrogens is 238 g/mol. The van der Waals surface area contributed by atoms with E-state index in [1.54, 1.807) is 16.7 Å². The molecule has 4 nitrogen and oxygen atoms in total. The zero-order chi connectivity index (χ0) is 12.3. The van der Waals surface area contributed by atoms with Gasteiger partial charge in [-0.15, -0.1) is 0 Å². The molecule has 96 valence electrons. The number of amides is 1. The Kier molecular flexibility index (Phi) is 4.31. The summed E-state index contributed by atoms with van der Waals surface area (Å²) in [7, 11) is 0. The summed E-state index contributed by atoms with van der Waals surface area (Å²) in [6, 6.07) is -0.0991. The molecule has 2 fully saturated rings. The summed E-state index contributed by atoms with van der Waals surface area (Å²) in [6.45, 7) is 0.714. The molecule has 1 unspecified atom stereocenters. The largest absolute Gasteiger partial charge is 0.481 e. The van der Waals surface area contributed by atoms with Gasteiger partial charge < -0.3 is 10.0 Å². The van der Waals surface area contributed by atoms with E-state index >= 15 is 0 Å². The number of rotatable bonds is 5. The second-order valence-electron chi connectivity index (χ2n) is 4.90. The lowest BCUT2D eigenvalue weighted by molar-refractivity contribution is -0.140. The number of carbonyl (C=O) groups is 2. The molecule has 0 bridgehead atoms. The Morgan fingerprint density at radius 1 is 1.35 bits per heavy atom. The Morgan fingerprint density at radius 3 is 2.76 bits per heavy atom. The van der Waals surface area contributed by atoms with Gasteiger partial charge in [0.25, 0.3) is 0 Å². The Bertz CT molecular complexity index is 304. The highest BCUT2D eigenvalue weighted by molar-refractivity contribution is 7.99. The van der Waals surface area contributed by atoms with Crippen LogP contribution in [0.3, 0.4) is 0 Å². The van der Waals surface area contributed by atoms with Crippen molar-refractivity contribution in [1.29, 1.82) is 0 Å². The molecule has 0 radical (unpaired) electrons. The Balaban J connectivity index is 1.84. The molecule has 5 heteroatoms. The molecule has 1 heterocycles. The van der Waals surface area contributed by atoms with E-state index in [-0.39, 0.29) is 18.4 Å². The molecule has 1 aliphatic carbocycles. The first-order valence-electron chi connectivity index (χ1n) is 6.26. The van der Waals surface area contributed by atoms with Crippen molar-refractivity contribution in [2.24, 2.45) is 5.92 Å². The van der Waals surface area contributed by atoms with Crippen molar-refractivity contribution >= 4 is 23.6 Å². The number of carboxylic acids is 1. The normalized spacial score (nSPS) is 24.7. The zero-order valence-electron chi connectivity index (χ0n) is 9.93. The van der Waals surface area contributed by atoms with Gasteiger partial charge in [0, 0.05) is 24.5 Å². The molecule has 2 rings (SSSR count). The average molecular weight is 257 g/mol. The van der Waals surface area contributed by atoms with Crippen LogP contribution in [0.1, 0.15) is 32.1 Å². The van der Waals surface area contributed by atoms with Crippen LogP contribution < -0.4 is 0 Å². The van der Waals surface area contributed by atoms with Gasteiger partial charge in [-0.3, -0.25) is 9.59 Å².